The summed E-state index contributed by atoms with van der Waals surface area (Å²) in [5, 5.41) is 10.5. The van der Waals surface area contributed by atoms with Crippen molar-refractivity contribution in [1.82, 2.24) is 0 Å². The molecule has 0 fully saturated rings. The summed E-state index contributed by atoms with van der Waals surface area (Å²) in [5.74, 6) is -2.39. The zero-order valence-electron chi connectivity index (χ0n) is 7.69. The van der Waals surface area contributed by atoms with E-state index in [1.807, 2.05) is 0 Å². The van der Waals surface area contributed by atoms with Gasteiger partial charge < -0.3 is 10.5 Å². The van der Waals surface area contributed by atoms with E-state index in [-0.39, 0.29) is 11.3 Å². The number of nitro benzene ring substituents is 1. The number of hydrogen-bond donors (Lipinski definition) is 1. The minimum absolute atomic E-state index is 0.185. The van der Waals surface area contributed by atoms with Crippen LogP contribution in [0.15, 0.2) is 12.1 Å². The highest BCUT2D eigenvalue weighted by Gasteiger charge is 2.23. The summed E-state index contributed by atoms with van der Waals surface area (Å²) in [4.78, 5) is 20.3. The van der Waals surface area contributed by atoms with Gasteiger partial charge in [-0.2, -0.15) is 4.39 Å². The second-order valence-electron chi connectivity index (χ2n) is 2.63. The molecule has 0 aliphatic rings. The van der Waals surface area contributed by atoms with Crippen molar-refractivity contribution in [3.8, 4) is 5.75 Å². The quantitative estimate of drug-likeness (QED) is 0.595. The van der Waals surface area contributed by atoms with Crippen molar-refractivity contribution in [2.24, 2.45) is 5.73 Å². The molecule has 1 amide bonds. The predicted octanol–water partition coefficient (Wildman–Crippen LogP) is 0.841. The van der Waals surface area contributed by atoms with Gasteiger partial charge in [-0.15, -0.1) is 0 Å². The van der Waals surface area contributed by atoms with Crippen LogP contribution < -0.4 is 10.5 Å². The average molecular weight is 214 g/mol. The van der Waals surface area contributed by atoms with Crippen LogP contribution in [0, 0.1) is 15.9 Å². The number of halogens is 1. The van der Waals surface area contributed by atoms with Gasteiger partial charge in [-0.1, -0.05) is 0 Å². The molecule has 0 spiro atoms. The lowest BCUT2D eigenvalue weighted by Crippen LogP contribution is -2.12. The molecule has 0 aliphatic heterocycles. The zero-order chi connectivity index (χ0) is 11.6. The van der Waals surface area contributed by atoms with E-state index in [2.05, 4.69) is 4.74 Å². The van der Waals surface area contributed by atoms with E-state index in [4.69, 9.17) is 5.73 Å². The van der Waals surface area contributed by atoms with Crippen LogP contribution in [0.1, 0.15) is 10.4 Å². The van der Waals surface area contributed by atoms with Crippen LogP contribution >= 0.6 is 0 Å². The van der Waals surface area contributed by atoms with Crippen molar-refractivity contribution in [3.05, 3.63) is 33.6 Å². The fraction of sp³-hybridized carbons (Fsp3) is 0.125. The molecule has 6 nitrogen and oxygen atoms in total. The second kappa shape index (κ2) is 3.91. The number of carbonyl (C=O) groups excluding carboxylic acids is 1. The van der Waals surface area contributed by atoms with Gasteiger partial charge in [0.25, 0.3) is 0 Å². The van der Waals surface area contributed by atoms with Crippen molar-refractivity contribution in [2.45, 2.75) is 0 Å². The highest BCUT2D eigenvalue weighted by Crippen LogP contribution is 2.30. The number of nitro groups is 1. The van der Waals surface area contributed by atoms with Gasteiger partial charge in [0, 0.05) is 11.6 Å². The SMILES string of the molecule is COc1cc(C(N)=O)cc(F)c1[N+](=O)[O-]. The number of nitrogens with zero attached hydrogens (tertiary/aromatic N) is 1. The standard InChI is InChI=1S/C8H7FN2O4/c1-15-6-3-4(8(10)12)2-5(9)7(6)11(13)14/h2-3H,1H3,(H2,10,12). The Bertz CT molecular complexity index is 433. The van der Waals surface area contributed by atoms with Crippen molar-refractivity contribution in [2.75, 3.05) is 7.11 Å². The zero-order valence-corrected chi connectivity index (χ0v) is 7.69. The molecule has 7 heteroatoms. The first-order valence-electron chi connectivity index (χ1n) is 3.79. The molecular formula is C8H7FN2O4. The lowest BCUT2D eigenvalue weighted by Gasteiger charge is -2.03. The topological polar surface area (TPSA) is 95.5 Å². The third-order valence-electron chi connectivity index (χ3n) is 1.72. The lowest BCUT2D eigenvalue weighted by molar-refractivity contribution is -0.388. The number of rotatable bonds is 3. The van der Waals surface area contributed by atoms with Crippen LogP contribution in [0.5, 0.6) is 5.75 Å². The Hall–Kier alpha value is -2.18. The van der Waals surface area contributed by atoms with Crippen LogP contribution in [-0.2, 0) is 0 Å². The molecule has 0 heterocycles. The van der Waals surface area contributed by atoms with Gasteiger partial charge in [-0.05, 0) is 6.07 Å². The maximum atomic E-state index is 13.2. The Morgan fingerprint density at radius 3 is 2.60 bits per heavy atom. The lowest BCUT2D eigenvalue weighted by atomic mass is 10.1. The number of amides is 1. The van der Waals surface area contributed by atoms with Crippen LogP contribution in [0.3, 0.4) is 0 Å². The normalized spacial score (nSPS) is 9.73. The van der Waals surface area contributed by atoms with E-state index >= 15 is 0 Å². The fourth-order valence-electron chi connectivity index (χ4n) is 1.05. The molecule has 80 valence electrons. The molecule has 0 unspecified atom stereocenters. The highest BCUT2D eigenvalue weighted by atomic mass is 19.1. The number of carbonyl (C=O) groups is 1. The minimum atomic E-state index is -1.16. The summed E-state index contributed by atoms with van der Waals surface area (Å²) in [7, 11) is 1.13. The van der Waals surface area contributed by atoms with E-state index in [9.17, 15) is 19.3 Å². The third kappa shape index (κ3) is 2.01. The first kappa shape index (κ1) is 10.9. The van der Waals surface area contributed by atoms with Crippen molar-refractivity contribution < 1.29 is 18.8 Å². The van der Waals surface area contributed by atoms with E-state index in [1.165, 1.54) is 0 Å². The molecule has 0 aromatic heterocycles. The number of nitrogens with two attached hydrogens (primary N) is 1. The largest absolute Gasteiger partial charge is 0.490 e. The van der Waals surface area contributed by atoms with Crippen molar-refractivity contribution >= 4 is 11.6 Å². The number of ether oxygens (including phenoxy) is 1. The molecule has 0 bridgehead atoms. The predicted molar refractivity (Wildman–Crippen MR) is 48.1 cm³/mol. The number of methoxy groups -OCH3 is 1. The Morgan fingerprint density at radius 1 is 1.60 bits per heavy atom. The summed E-state index contributed by atoms with van der Waals surface area (Å²) in [6, 6.07) is 1.71. The molecule has 2 N–H and O–H groups in total. The van der Waals surface area contributed by atoms with Crippen LogP contribution in [0.2, 0.25) is 0 Å². The van der Waals surface area contributed by atoms with E-state index in [0.29, 0.717) is 6.07 Å². The molecule has 0 atom stereocenters. The monoisotopic (exact) mass is 214 g/mol. The van der Waals surface area contributed by atoms with Crippen LogP contribution in [0.25, 0.3) is 0 Å². The average Bonchev–Trinajstić information content (AvgIpc) is 2.15. The summed E-state index contributed by atoms with van der Waals surface area (Å²) in [6.45, 7) is 0. The summed E-state index contributed by atoms with van der Waals surface area (Å²) in [6.07, 6.45) is 0. The Balaban J connectivity index is 3.43. The van der Waals surface area contributed by atoms with E-state index in [0.717, 1.165) is 13.2 Å². The number of hydrogen-bond acceptors (Lipinski definition) is 4. The maximum absolute atomic E-state index is 13.2. The highest BCUT2D eigenvalue weighted by molar-refractivity contribution is 5.93. The summed E-state index contributed by atoms with van der Waals surface area (Å²) in [5.41, 5.74) is 3.90. The molecule has 0 saturated carbocycles. The molecule has 1 aromatic rings. The molecule has 0 saturated heterocycles. The second-order valence-corrected chi connectivity index (χ2v) is 2.63. The molecular weight excluding hydrogens is 207 g/mol. The molecule has 0 radical (unpaired) electrons. The Morgan fingerprint density at radius 2 is 2.20 bits per heavy atom. The van der Waals surface area contributed by atoms with E-state index < -0.39 is 22.3 Å². The van der Waals surface area contributed by atoms with E-state index in [1.54, 1.807) is 0 Å². The van der Waals surface area contributed by atoms with Crippen molar-refractivity contribution in [3.63, 3.8) is 0 Å². The first-order chi connectivity index (χ1) is 6.97. The molecule has 15 heavy (non-hydrogen) atoms. The number of benzene rings is 1. The van der Waals surface area contributed by atoms with Gasteiger partial charge in [-0.3, -0.25) is 14.9 Å². The van der Waals surface area contributed by atoms with Gasteiger partial charge in [-0.25, -0.2) is 0 Å². The Labute approximate surface area is 83.6 Å². The summed E-state index contributed by atoms with van der Waals surface area (Å²) < 4.78 is 17.8. The van der Waals surface area contributed by atoms with Gasteiger partial charge in [0.05, 0.1) is 12.0 Å². The van der Waals surface area contributed by atoms with Gasteiger partial charge >= 0.3 is 5.69 Å². The summed E-state index contributed by atoms with van der Waals surface area (Å²) >= 11 is 0. The van der Waals surface area contributed by atoms with Gasteiger partial charge in [0.2, 0.25) is 17.5 Å². The Kier molecular flexibility index (Phi) is 2.84. The first-order valence-corrected chi connectivity index (χ1v) is 3.79. The number of primary amides is 1. The fourth-order valence-corrected chi connectivity index (χ4v) is 1.05. The molecule has 1 rings (SSSR count). The van der Waals surface area contributed by atoms with Crippen LogP contribution in [-0.4, -0.2) is 17.9 Å². The molecule has 1 aromatic carbocycles. The minimum Gasteiger partial charge on any atom is -0.490 e. The third-order valence-corrected chi connectivity index (χ3v) is 1.72. The smallest absolute Gasteiger partial charge is 0.346 e. The van der Waals surface area contributed by atoms with Gasteiger partial charge in [0.1, 0.15) is 0 Å². The van der Waals surface area contributed by atoms with Crippen molar-refractivity contribution in [1.29, 1.82) is 0 Å². The maximum Gasteiger partial charge on any atom is 0.346 e. The van der Waals surface area contributed by atoms with Crippen LogP contribution in [0.4, 0.5) is 10.1 Å². The molecule has 0 aliphatic carbocycles. The van der Waals surface area contributed by atoms with Gasteiger partial charge in [0.15, 0.2) is 0 Å².